The Balaban J connectivity index is 0.00000385. The minimum atomic E-state index is -0.112. The van der Waals surface area contributed by atoms with Gasteiger partial charge >= 0.3 is 0 Å². The molecule has 1 aliphatic carbocycles. The summed E-state index contributed by atoms with van der Waals surface area (Å²) in [6.45, 7) is 11.3. The van der Waals surface area contributed by atoms with Crippen LogP contribution in [0.25, 0.3) is 0 Å². The highest BCUT2D eigenvalue weighted by Crippen LogP contribution is 2.40. The Hall–Kier alpha value is -0.900. The van der Waals surface area contributed by atoms with E-state index >= 15 is 0 Å². The molecule has 1 aromatic rings. The molecule has 1 aliphatic heterocycles. The molecule has 3 N–H and O–H groups in total. The Kier molecular flexibility index (Phi) is 13.0. The van der Waals surface area contributed by atoms with E-state index in [1.165, 1.54) is 36.8 Å². The summed E-state index contributed by atoms with van der Waals surface area (Å²) in [4.78, 5) is 7.28. The van der Waals surface area contributed by atoms with Gasteiger partial charge in [-0.25, -0.2) is 4.99 Å². The average Bonchev–Trinajstić information content (AvgIpc) is 3.27. The van der Waals surface area contributed by atoms with Crippen molar-refractivity contribution in [1.29, 1.82) is 0 Å². The number of hydrogen-bond acceptors (Lipinski definition) is 4. The summed E-state index contributed by atoms with van der Waals surface area (Å²) >= 11 is 0. The summed E-state index contributed by atoms with van der Waals surface area (Å²) in [6, 6.07) is 8.83. The van der Waals surface area contributed by atoms with Crippen LogP contribution in [0.15, 0.2) is 29.3 Å². The molecule has 0 amide bonds. The number of piperidine rings is 1. The number of nitrogens with zero attached hydrogens (tertiary/aromatic N) is 2. The van der Waals surface area contributed by atoms with Crippen molar-refractivity contribution < 1.29 is 9.84 Å². The molecule has 2 aliphatic rings. The topological polar surface area (TPSA) is 69.1 Å². The number of hydrogen-bond donors (Lipinski definition) is 3. The number of aliphatic hydroxyl groups is 1. The smallest absolute Gasteiger partial charge is 0.191 e. The summed E-state index contributed by atoms with van der Waals surface area (Å²) in [5, 5.41) is 16.7. The first-order chi connectivity index (χ1) is 15.6. The molecule has 0 bridgehead atoms. The Labute approximate surface area is 218 Å². The fraction of sp³-hybridized carbons (Fsp3) is 0.731. The predicted octanol–water partition coefficient (Wildman–Crippen LogP) is 4.30. The Morgan fingerprint density at radius 2 is 1.76 bits per heavy atom. The summed E-state index contributed by atoms with van der Waals surface area (Å²) in [5.74, 6) is 0.908. The van der Waals surface area contributed by atoms with Crippen LogP contribution in [-0.2, 0) is 17.8 Å². The lowest BCUT2D eigenvalue weighted by molar-refractivity contribution is 0.0792. The fourth-order valence-electron chi connectivity index (χ4n) is 4.94. The maximum absolute atomic E-state index is 9.68. The highest BCUT2D eigenvalue weighted by atomic mass is 127. The van der Waals surface area contributed by atoms with Crippen LogP contribution in [0.1, 0.15) is 69.9 Å². The van der Waals surface area contributed by atoms with E-state index in [1.807, 2.05) is 0 Å². The van der Waals surface area contributed by atoms with Crippen molar-refractivity contribution in [2.24, 2.45) is 10.4 Å². The Morgan fingerprint density at radius 1 is 1.09 bits per heavy atom. The summed E-state index contributed by atoms with van der Waals surface area (Å²) in [5.41, 5.74) is 2.90. The van der Waals surface area contributed by atoms with E-state index in [-0.39, 0.29) is 30.1 Å². The Morgan fingerprint density at radius 3 is 2.39 bits per heavy atom. The molecule has 1 aromatic carbocycles. The molecule has 0 spiro atoms. The molecule has 33 heavy (non-hydrogen) atoms. The first kappa shape index (κ1) is 28.3. The van der Waals surface area contributed by atoms with Crippen molar-refractivity contribution >= 4 is 29.9 Å². The lowest BCUT2D eigenvalue weighted by Gasteiger charge is -2.30. The van der Waals surface area contributed by atoms with Gasteiger partial charge in [0, 0.05) is 45.9 Å². The van der Waals surface area contributed by atoms with Crippen LogP contribution in [0, 0.1) is 5.41 Å². The van der Waals surface area contributed by atoms with Gasteiger partial charge in [-0.05, 0) is 62.5 Å². The number of aliphatic hydroxyl groups excluding tert-OH is 1. The van der Waals surface area contributed by atoms with Crippen LogP contribution in [0.5, 0.6) is 0 Å². The van der Waals surface area contributed by atoms with Gasteiger partial charge in [0.2, 0.25) is 0 Å². The molecule has 0 aromatic heterocycles. The molecule has 6 nitrogen and oxygen atoms in total. The van der Waals surface area contributed by atoms with Crippen LogP contribution in [-0.4, -0.2) is 61.5 Å². The van der Waals surface area contributed by atoms with Crippen molar-refractivity contribution in [3.8, 4) is 0 Å². The number of halogens is 1. The van der Waals surface area contributed by atoms with Gasteiger partial charge in [-0.3, -0.25) is 4.90 Å². The second kappa shape index (κ2) is 15.2. The first-order valence-corrected chi connectivity index (χ1v) is 12.7. The summed E-state index contributed by atoms with van der Waals surface area (Å²) < 4.78 is 5.65. The normalized spacial score (nSPS) is 19.3. The zero-order valence-corrected chi connectivity index (χ0v) is 23.0. The van der Waals surface area contributed by atoms with E-state index in [9.17, 15) is 5.11 Å². The molecule has 7 heteroatoms. The number of rotatable bonds is 11. The first-order valence-electron chi connectivity index (χ1n) is 12.7. The number of guanidine groups is 1. The fourth-order valence-corrected chi connectivity index (χ4v) is 4.94. The van der Waals surface area contributed by atoms with E-state index in [0.717, 1.165) is 71.2 Å². The molecule has 0 unspecified atom stereocenters. The maximum Gasteiger partial charge on any atom is 0.191 e. The number of benzene rings is 1. The molecular formula is C26H45IN4O2. The van der Waals surface area contributed by atoms with Gasteiger partial charge in [0.1, 0.15) is 0 Å². The van der Waals surface area contributed by atoms with E-state index in [4.69, 9.17) is 9.73 Å². The molecule has 2 fully saturated rings. The third-order valence-electron chi connectivity index (χ3n) is 7.03. The van der Waals surface area contributed by atoms with Crippen molar-refractivity contribution in [1.82, 2.24) is 15.5 Å². The number of likely N-dealkylation sites (tertiary alicyclic amines) is 1. The van der Waals surface area contributed by atoms with Gasteiger partial charge in [0.25, 0.3) is 0 Å². The average molecular weight is 573 g/mol. The summed E-state index contributed by atoms with van der Waals surface area (Å²) in [6.07, 6.45) is 8.01. The zero-order valence-electron chi connectivity index (χ0n) is 20.7. The lowest BCUT2D eigenvalue weighted by atomic mass is 9.83. The van der Waals surface area contributed by atoms with Crippen LogP contribution >= 0.6 is 24.0 Å². The minimum Gasteiger partial charge on any atom is -0.393 e. The largest absolute Gasteiger partial charge is 0.393 e. The van der Waals surface area contributed by atoms with Gasteiger partial charge < -0.3 is 20.5 Å². The standard InChI is InChI=1S/C26H44N4O2.HI/c1-3-27-25(29-21-26(13-5-6-14-26)15-18-32-4-2)28-19-22-7-9-23(10-8-22)20-30-16-11-24(31)12-17-30;/h7-10,24,31H,3-6,11-21H2,1-2H3,(H2,27,28,29);1H. The van der Waals surface area contributed by atoms with E-state index in [1.54, 1.807) is 0 Å². The number of aliphatic imine (C=N–C) groups is 1. The van der Waals surface area contributed by atoms with Crippen LogP contribution < -0.4 is 10.6 Å². The van der Waals surface area contributed by atoms with Crippen LogP contribution in [0.3, 0.4) is 0 Å². The van der Waals surface area contributed by atoms with Crippen LogP contribution in [0.2, 0.25) is 0 Å². The van der Waals surface area contributed by atoms with Crippen molar-refractivity contribution in [3.05, 3.63) is 35.4 Å². The number of nitrogens with one attached hydrogen (secondary N) is 2. The predicted molar refractivity (Wildman–Crippen MR) is 147 cm³/mol. The molecule has 1 saturated heterocycles. The Bertz CT molecular complexity index is 684. The third-order valence-corrected chi connectivity index (χ3v) is 7.03. The van der Waals surface area contributed by atoms with E-state index < -0.39 is 0 Å². The maximum atomic E-state index is 9.68. The molecule has 1 saturated carbocycles. The molecule has 188 valence electrons. The third kappa shape index (κ3) is 9.70. The highest BCUT2D eigenvalue weighted by molar-refractivity contribution is 14.0. The van der Waals surface area contributed by atoms with Gasteiger partial charge in [0.15, 0.2) is 5.96 Å². The quantitative estimate of drug-likeness (QED) is 0.160. The zero-order chi connectivity index (χ0) is 22.7. The monoisotopic (exact) mass is 572 g/mol. The van der Waals surface area contributed by atoms with E-state index in [2.05, 4.69) is 53.6 Å². The highest BCUT2D eigenvalue weighted by Gasteiger charge is 2.33. The SMILES string of the molecule is CCNC(=NCc1ccc(CN2CCC(O)CC2)cc1)NCC1(CCOCC)CCCC1.I. The second-order valence-electron chi connectivity index (χ2n) is 9.53. The van der Waals surface area contributed by atoms with Gasteiger partial charge in [-0.1, -0.05) is 37.1 Å². The number of ether oxygens (including phenoxy) is 1. The molecule has 1 heterocycles. The lowest BCUT2D eigenvalue weighted by Crippen LogP contribution is -2.43. The van der Waals surface area contributed by atoms with Crippen molar-refractivity contribution in [2.75, 3.05) is 39.4 Å². The molecule has 0 radical (unpaired) electrons. The summed E-state index contributed by atoms with van der Waals surface area (Å²) in [7, 11) is 0. The molecule has 3 rings (SSSR count). The molecular weight excluding hydrogens is 527 g/mol. The van der Waals surface area contributed by atoms with Crippen molar-refractivity contribution in [2.45, 2.75) is 78.0 Å². The molecule has 0 atom stereocenters. The van der Waals surface area contributed by atoms with Gasteiger partial charge in [0.05, 0.1) is 12.6 Å². The van der Waals surface area contributed by atoms with Crippen LogP contribution in [0.4, 0.5) is 0 Å². The minimum absolute atomic E-state index is 0. The van der Waals surface area contributed by atoms with Gasteiger partial charge in [-0.2, -0.15) is 0 Å². The van der Waals surface area contributed by atoms with E-state index in [0.29, 0.717) is 12.0 Å². The van der Waals surface area contributed by atoms with Gasteiger partial charge in [-0.15, -0.1) is 24.0 Å². The van der Waals surface area contributed by atoms with Crippen molar-refractivity contribution in [3.63, 3.8) is 0 Å². The second-order valence-corrected chi connectivity index (χ2v) is 9.53.